The molecule has 0 fully saturated rings. The van der Waals surface area contributed by atoms with E-state index in [9.17, 15) is 10.2 Å². The molecule has 0 heterocycles. The van der Waals surface area contributed by atoms with Gasteiger partial charge < -0.3 is 33.9 Å². The van der Waals surface area contributed by atoms with Crippen LogP contribution >= 0.6 is 0 Å². The molecular weight excluding hydrogens is 304 g/mol. The summed E-state index contributed by atoms with van der Waals surface area (Å²) in [7, 11) is 0. The Morgan fingerprint density at radius 2 is 1.00 bits per heavy atom. The Hall–Kier alpha value is -1.28. The maximum absolute atomic E-state index is 9.75. The van der Waals surface area contributed by atoms with Crippen molar-refractivity contribution in [1.29, 1.82) is 0 Å². The summed E-state index contributed by atoms with van der Waals surface area (Å²) >= 11 is 0. The normalized spacial score (nSPS) is 13.1. The predicted molar refractivity (Wildman–Crippen MR) is 85.8 cm³/mol. The standard InChI is InChI=1S/C16H30O7/c1-5-20-15(21-6-2)9-13(17)11-19-12-14(18)10-16(22-7-3)23-8-4/h11-12,15-18H,5-10H2,1-4H3. The summed E-state index contributed by atoms with van der Waals surface area (Å²) < 4.78 is 26.3. The molecule has 23 heavy (non-hydrogen) atoms. The summed E-state index contributed by atoms with van der Waals surface area (Å²) in [6.07, 6.45) is 1.52. The Bertz CT molecular complexity index is 297. The molecule has 0 saturated carbocycles. The number of hydrogen-bond donors (Lipinski definition) is 2. The molecule has 0 aliphatic rings. The molecule has 0 amide bonds. The Balaban J connectivity index is 4.33. The van der Waals surface area contributed by atoms with Crippen molar-refractivity contribution in [3.63, 3.8) is 0 Å². The largest absolute Gasteiger partial charge is 0.509 e. The van der Waals surface area contributed by atoms with Gasteiger partial charge in [-0.25, -0.2) is 0 Å². The Labute approximate surface area is 138 Å². The molecule has 0 spiro atoms. The van der Waals surface area contributed by atoms with E-state index in [2.05, 4.69) is 0 Å². The molecule has 0 aromatic rings. The fraction of sp³-hybridized carbons (Fsp3) is 0.750. The molecule has 0 unspecified atom stereocenters. The van der Waals surface area contributed by atoms with E-state index in [1.54, 1.807) is 0 Å². The minimum atomic E-state index is -0.525. The number of hydrogen-bond acceptors (Lipinski definition) is 7. The van der Waals surface area contributed by atoms with Gasteiger partial charge in [-0.2, -0.15) is 0 Å². The summed E-state index contributed by atoms with van der Waals surface area (Å²) in [4.78, 5) is 0. The molecule has 0 aliphatic heterocycles. The van der Waals surface area contributed by atoms with Gasteiger partial charge in [-0.3, -0.25) is 0 Å². The van der Waals surface area contributed by atoms with E-state index >= 15 is 0 Å². The van der Waals surface area contributed by atoms with Crippen molar-refractivity contribution < 1.29 is 33.9 Å². The second-order valence-electron chi connectivity index (χ2n) is 4.44. The van der Waals surface area contributed by atoms with Crippen LogP contribution in [-0.4, -0.2) is 49.2 Å². The van der Waals surface area contributed by atoms with Gasteiger partial charge in [-0.05, 0) is 27.7 Å². The van der Waals surface area contributed by atoms with Crippen LogP contribution in [0.5, 0.6) is 0 Å². The minimum Gasteiger partial charge on any atom is -0.509 e. The van der Waals surface area contributed by atoms with Gasteiger partial charge in [-0.1, -0.05) is 0 Å². The van der Waals surface area contributed by atoms with Gasteiger partial charge in [0, 0.05) is 26.4 Å². The molecule has 7 heteroatoms. The molecule has 0 aromatic carbocycles. The maximum Gasteiger partial charge on any atom is 0.164 e. The van der Waals surface area contributed by atoms with Crippen LogP contribution in [-0.2, 0) is 23.7 Å². The first-order valence-corrected chi connectivity index (χ1v) is 7.95. The zero-order valence-corrected chi connectivity index (χ0v) is 14.5. The van der Waals surface area contributed by atoms with E-state index in [-0.39, 0.29) is 24.4 Å². The molecular formula is C16H30O7. The van der Waals surface area contributed by atoms with E-state index in [1.165, 1.54) is 0 Å². The highest BCUT2D eigenvalue weighted by atomic mass is 16.7. The Morgan fingerprint density at radius 1 is 0.696 bits per heavy atom. The maximum atomic E-state index is 9.75. The number of ether oxygens (including phenoxy) is 5. The molecule has 0 saturated heterocycles. The summed E-state index contributed by atoms with van der Waals surface area (Å²) in [6, 6.07) is 0. The quantitative estimate of drug-likeness (QED) is 0.372. The summed E-state index contributed by atoms with van der Waals surface area (Å²) in [5.41, 5.74) is 0. The van der Waals surface area contributed by atoms with Crippen molar-refractivity contribution in [3.8, 4) is 0 Å². The van der Waals surface area contributed by atoms with Crippen molar-refractivity contribution >= 4 is 0 Å². The van der Waals surface area contributed by atoms with Crippen LogP contribution in [0, 0.1) is 0 Å². The lowest BCUT2D eigenvalue weighted by atomic mass is 10.3. The van der Waals surface area contributed by atoms with Gasteiger partial charge in [0.2, 0.25) is 0 Å². The topological polar surface area (TPSA) is 86.6 Å². The summed E-state index contributed by atoms with van der Waals surface area (Å²) in [5, 5.41) is 19.5. The van der Waals surface area contributed by atoms with Crippen LogP contribution in [0.1, 0.15) is 40.5 Å². The average Bonchev–Trinajstić information content (AvgIpc) is 2.48. The van der Waals surface area contributed by atoms with E-state index < -0.39 is 12.6 Å². The molecule has 0 rings (SSSR count). The summed E-state index contributed by atoms with van der Waals surface area (Å²) in [5.74, 6) is -0.0979. The van der Waals surface area contributed by atoms with Gasteiger partial charge in [-0.15, -0.1) is 0 Å². The smallest absolute Gasteiger partial charge is 0.164 e. The summed E-state index contributed by atoms with van der Waals surface area (Å²) in [6.45, 7) is 9.31. The first kappa shape index (κ1) is 21.7. The highest BCUT2D eigenvalue weighted by molar-refractivity contribution is 4.91. The van der Waals surface area contributed by atoms with E-state index in [0.717, 1.165) is 12.5 Å². The van der Waals surface area contributed by atoms with Gasteiger partial charge in [0.05, 0.1) is 12.8 Å². The lowest BCUT2D eigenvalue weighted by molar-refractivity contribution is -0.138. The SMILES string of the molecule is CCOC(CC(O)=COC=C(O)CC(OCC)OCC)OCC. The molecule has 0 aromatic heterocycles. The number of aliphatic hydroxyl groups is 2. The molecule has 7 nitrogen and oxygen atoms in total. The van der Waals surface area contributed by atoms with Crippen LogP contribution in [0.15, 0.2) is 24.0 Å². The molecule has 0 radical (unpaired) electrons. The zero-order valence-electron chi connectivity index (χ0n) is 14.5. The predicted octanol–water partition coefficient (Wildman–Crippen LogP) is 3.38. The Morgan fingerprint density at radius 3 is 1.26 bits per heavy atom. The zero-order chi connectivity index (χ0) is 17.5. The second-order valence-corrected chi connectivity index (χ2v) is 4.44. The van der Waals surface area contributed by atoms with Crippen molar-refractivity contribution in [3.05, 3.63) is 24.0 Å². The second kappa shape index (κ2) is 14.3. The van der Waals surface area contributed by atoms with E-state index in [0.29, 0.717) is 26.4 Å². The molecule has 0 aliphatic carbocycles. The number of rotatable bonds is 14. The highest BCUT2D eigenvalue weighted by Crippen LogP contribution is 2.10. The van der Waals surface area contributed by atoms with Crippen LogP contribution in [0.4, 0.5) is 0 Å². The van der Waals surface area contributed by atoms with Gasteiger partial charge in [0.25, 0.3) is 0 Å². The van der Waals surface area contributed by atoms with Gasteiger partial charge in [0.1, 0.15) is 24.0 Å². The van der Waals surface area contributed by atoms with E-state index in [4.69, 9.17) is 23.7 Å². The third-order valence-electron chi connectivity index (χ3n) is 2.57. The first-order chi connectivity index (χ1) is 11.1. The molecule has 2 N–H and O–H groups in total. The van der Waals surface area contributed by atoms with Crippen molar-refractivity contribution in [1.82, 2.24) is 0 Å². The van der Waals surface area contributed by atoms with Crippen LogP contribution in [0.25, 0.3) is 0 Å². The van der Waals surface area contributed by atoms with Gasteiger partial charge >= 0.3 is 0 Å². The average molecular weight is 334 g/mol. The lowest BCUT2D eigenvalue weighted by Crippen LogP contribution is -2.18. The van der Waals surface area contributed by atoms with Crippen molar-refractivity contribution in [2.45, 2.75) is 53.1 Å². The van der Waals surface area contributed by atoms with Crippen molar-refractivity contribution in [2.75, 3.05) is 26.4 Å². The van der Waals surface area contributed by atoms with Crippen LogP contribution in [0.3, 0.4) is 0 Å². The molecule has 136 valence electrons. The third-order valence-corrected chi connectivity index (χ3v) is 2.57. The molecule has 0 bridgehead atoms. The molecule has 0 atom stereocenters. The lowest BCUT2D eigenvalue weighted by Gasteiger charge is -2.16. The fourth-order valence-corrected chi connectivity index (χ4v) is 1.70. The van der Waals surface area contributed by atoms with Gasteiger partial charge in [0.15, 0.2) is 12.6 Å². The van der Waals surface area contributed by atoms with Crippen molar-refractivity contribution in [2.24, 2.45) is 0 Å². The fourth-order valence-electron chi connectivity index (χ4n) is 1.70. The number of aliphatic hydroxyl groups excluding tert-OH is 2. The van der Waals surface area contributed by atoms with E-state index in [1.807, 2.05) is 27.7 Å². The Kier molecular flexibility index (Phi) is 13.5. The first-order valence-electron chi connectivity index (χ1n) is 7.95. The third kappa shape index (κ3) is 11.9. The monoisotopic (exact) mass is 334 g/mol. The minimum absolute atomic E-state index is 0.0490. The van der Waals surface area contributed by atoms with Crippen LogP contribution in [0.2, 0.25) is 0 Å². The highest BCUT2D eigenvalue weighted by Gasteiger charge is 2.12. The van der Waals surface area contributed by atoms with Crippen LogP contribution < -0.4 is 0 Å².